The Morgan fingerprint density at radius 1 is 1.10 bits per heavy atom. The molecule has 4 rings (SSSR count). The van der Waals surface area contributed by atoms with E-state index in [4.69, 9.17) is 4.98 Å². The molecule has 1 fully saturated rings. The van der Waals surface area contributed by atoms with Crippen LogP contribution in [-0.2, 0) is 11.3 Å². The van der Waals surface area contributed by atoms with Gasteiger partial charge >= 0.3 is 0 Å². The molecule has 2 heterocycles. The first-order valence-corrected chi connectivity index (χ1v) is 10.7. The molecule has 0 unspecified atom stereocenters. The van der Waals surface area contributed by atoms with Gasteiger partial charge in [0.25, 0.3) is 0 Å². The molecule has 5 heteroatoms. The van der Waals surface area contributed by atoms with Crippen LogP contribution in [0.15, 0.2) is 54.6 Å². The number of para-hydroxylation sites is 2. The third-order valence-electron chi connectivity index (χ3n) is 5.89. The van der Waals surface area contributed by atoms with Gasteiger partial charge < -0.3 is 14.8 Å². The Morgan fingerprint density at radius 3 is 2.52 bits per heavy atom. The van der Waals surface area contributed by atoms with Gasteiger partial charge in [-0.1, -0.05) is 49.4 Å². The molecule has 1 aliphatic heterocycles. The molecule has 0 aliphatic carbocycles. The number of hydrogen-bond acceptors (Lipinski definition) is 3. The van der Waals surface area contributed by atoms with Crippen molar-refractivity contribution in [2.75, 3.05) is 18.0 Å². The largest absolute Gasteiger partial charge is 0.349 e. The minimum absolute atomic E-state index is 0.0375. The molecule has 0 saturated carbocycles. The van der Waals surface area contributed by atoms with Crippen molar-refractivity contribution in [3.63, 3.8) is 0 Å². The van der Waals surface area contributed by atoms with E-state index in [1.165, 1.54) is 5.52 Å². The summed E-state index contributed by atoms with van der Waals surface area (Å²) in [6, 6.07) is 18.5. The van der Waals surface area contributed by atoms with Crippen LogP contribution < -0.4 is 10.2 Å². The maximum Gasteiger partial charge on any atom is 0.223 e. The Balaban J connectivity index is 1.41. The lowest BCUT2D eigenvalue weighted by molar-refractivity contribution is -0.126. The zero-order valence-corrected chi connectivity index (χ0v) is 17.3. The number of nitrogens with one attached hydrogen (secondary N) is 1. The van der Waals surface area contributed by atoms with E-state index in [1.807, 2.05) is 24.3 Å². The molecule has 0 spiro atoms. The number of rotatable bonds is 6. The second-order valence-corrected chi connectivity index (χ2v) is 7.95. The van der Waals surface area contributed by atoms with Crippen molar-refractivity contribution in [3.8, 4) is 0 Å². The van der Waals surface area contributed by atoms with Crippen molar-refractivity contribution in [1.82, 2.24) is 14.9 Å². The molecular weight excluding hydrogens is 360 g/mol. The van der Waals surface area contributed by atoms with E-state index >= 15 is 0 Å². The van der Waals surface area contributed by atoms with Crippen molar-refractivity contribution in [2.45, 2.75) is 45.7 Å². The standard InChI is InChI=1S/C24H30N4O/c1-3-15-28-22-12-8-7-11-21(22)26-24(28)27-16-13-20(14-17-27)23(29)25-18(2)19-9-5-4-6-10-19/h4-12,18,20H,3,13-17H2,1-2H3,(H,25,29)/t18-/m1/s1. The molecular formula is C24H30N4O. The van der Waals surface area contributed by atoms with E-state index in [0.717, 1.165) is 55.9 Å². The highest BCUT2D eigenvalue weighted by molar-refractivity contribution is 5.80. The fraction of sp³-hybridized carbons (Fsp3) is 0.417. The number of carbonyl (C=O) groups is 1. The summed E-state index contributed by atoms with van der Waals surface area (Å²) < 4.78 is 2.33. The molecule has 1 atom stereocenters. The van der Waals surface area contributed by atoms with E-state index in [-0.39, 0.29) is 17.9 Å². The number of anilines is 1. The Morgan fingerprint density at radius 2 is 1.79 bits per heavy atom. The first-order valence-electron chi connectivity index (χ1n) is 10.7. The van der Waals surface area contributed by atoms with Gasteiger partial charge in [-0.2, -0.15) is 0 Å². The van der Waals surface area contributed by atoms with Crippen molar-refractivity contribution in [3.05, 3.63) is 60.2 Å². The molecule has 1 aromatic heterocycles. The number of aromatic nitrogens is 2. The molecule has 152 valence electrons. The third-order valence-corrected chi connectivity index (χ3v) is 5.89. The number of benzene rings is 2. The molecule has 1 saturated heterocycles. The number of amides is 1. The highest BCUT2D eigenvalue weighted by atomic mass is 16.1. The zero-order chi connectivity index (χ0) is 20.2. The molecule has 2 aromatic carbocycles. The maximum atomic E-state index is 12.8. The van der Waals surface area contributed by atoms with Crippen molar-refractivity contribution < 1.29 is 4.79 Å². The van der Waals surface area contributed by atoms with Gasteiger partial charge in [0.15, 0.2) is 0 Å². The normalized spacial score (nSPS) is 16.1. The summed E-state index contributed by atoms with van der Waals surface area (Å²) in [6.45, 7) is 6.94. The molecule has 0 bridgehead atoms. The number of imidazole rings is 1. The average Bonchev–Trinajstić information content (AvgIpc) is 3.13. The number of hydrogen-bond donors (Lipinski definition) is 1. The Kier molecular flexibility index (Phi) is 5.84. The van der Waals surface area contributed by atoms with E-state index in [1.54, 1.807) is 0 Å². The third kappa shape index (κ3) is 4.14. The SMILES string of the molecule is CCCn1c(N2CCC(C(=O)N[C@H](C)c3ccccc3)CC2)nc2ccccc21. The topological polar surface area (TPSA) is 50.2 Å². The molecule has 1 aliphatic rings. The number of aryl methyl sites for hydroxylation is 1. The molecule has 1 N–H and O–H groups in total. The van der Waals surface area contributed by atoms with Gasteiger partial charge in [-0.25, -0.2) is 4.98 Å². The quantitative estimate of drug-likeness (QED) is 0.672. The predicted molar refractivity (Wildman–Crippen MR) is 118 cm³/mol. The van der Waals surface area contributed by atoms with Crippen LogP contribution in [0.2, 0.25) is 0 Å². The molecule has 29 heavy (non-hydrogen) atoms. The number of carbonyl (C=O) groups excluding carboxylic acids is 1. The van der Waals surface area contributed by atoms with E-state index in [0.29, 0.717) is 0 Å². The van der Waals surface area contributed by atoms with Crippen LogP contribution in [0.1, 0.15) is 44.7 Å². The zero-order valence-electron chi connectivity index (χ0n) is 17.3. The summed E-state index contributed by atoms with van der Waals surface area (Å²) in [5, 5.41) is 3.20. The van der Waals surface area contributed by atoms with E-state index < -0.39 is 0 Å². The number of piperidine rings is 1. The fourth-order valence-corrected chi connectivity index (χ4v) is 4.25. The van der Waals surface area contributed by atoms with Crippen LogP contribution in [0.25, 0.3) is 11.0 Å². The highest BCUT2D eigenvalue weighted by Crippen LogP contribution is 2.27. The Hall–Kier alpha value is -2.82. The summed E-state index contributed by atoms with van der Waals surface area (Å²) >= 11 is 0. The first-order chi connectivity index (χ1) is 14.2. The number of fused-ring (bicyclic) bond motifs is 1. The molecule has 3 aromatic rings. The maximum absolute atomic E-state index is 12.8. The Bertz CT molecular complexity index is 957. The van der Waals surface area contributed by atoms with Crippen molar-refractivity contribution in [2.24, 2.45) is 5.92 Å². The van der Waals surface area contributed by atoms with Crippen molar-refractivity contribution >= 4 is 22.9 Å². The fourth-order valence-electron chi connectivity index (χ4n) is 4.25. The summed E-state index contributed by atoms with van der Waals surface area (Å²) in [7, 11) is 0. The van der Waals surface area contributed by atoms with Crippen LogP contribution >= 0.6 is 0 Å². The monoisotopic (exact) mass is 390 g/mol. The average molecular weight is 391 g/mol. The van der Waals surface area contributed by atoms with Gasteiger partial charge in [-0.05, 0) is 43.9 Å². The molecule has 1 amide bonds. The highest BCUT2D eigenvalue weighted by Gasteiger charge is 2.28. The summed E-state index contributed by atoms with van der Waals surface area (Å²) in [5.41, 5.74) is 3.39. The van der Waals surface area contributed by atoms with E-state index in [2.05, 4.69) is 59.0 Å². The lowest BCUT2D eigenvalue weighted by Crippen LogP contribution is -2.42. The van der Waals surface area contributed by atoms with Crippen LogP contribution in [0.3, 0.4) is 0 Å². The summed E-state index contributed by atoms with van der Waals surface area (Å²) in [5.74, 6) is 1.29. The van der Waals surface area contributed by atoms with Crippen LogP contribution in [0, 0.1) is 5.92 Å². The minimum Gasteiger partial charge on any atom is -0.349 e. The summed E-state index contributed by atoms with van der Waals surface area (Å²) in [4.78, 5) is 20.0. The van der Waals surface area contributed by atoms with Gasteiger partial charge in [-0.3, -0.25) is 4.79 Å². The van der Waals surface area contributed by atoms with Crippen LogP contribution in [-0.4, -0.2) is 28.5 Å². The van der Waals surface area contributed by atoms with Gasteiger partial charge in [-0.15, -0.1) is 0 Å². The predicted octanol–water partition coefficient (Wildman–Crippen LogP) is 4.54. The van der Waals surface area contributed by atoms with E-state index in [9.17, 15) is 4.79 Å². The lowest BCUT2D eigenvalue weighted by Gasteiger charge is -2.33. The first kappa shape index (κ1) is 19.5. The smallest absolute Gasteiger partial charge is 0.223 e. The lowest BCUT2D eigenvalue weighted by atomic mass is 9.95. The second kappa shape index (κ2) is 8.68. The van der Waals surface area contributed by atoms with Gasteiger partial charge in [0.1, 0.15) is 0 Å². The van der Waals surface area contributed by atoms with Gasteiger partial charge in [0, 0.05) is 25.6 Å². The molecule has 5 nitrogen and oxygen atoms in total. The van der Waals surface area contributed by atoms with Gasteiger partial charge in [0.05, 0.1) is 17.1 Å². The molecule has 0 radical (unpaired) electrons. The van der Waals surface area contributed by atoms with Crippen LogP contribution in [0.4, 0.5) is 5.95 Å². The Labute approximate surface area is 172 Å². The van der Waals surface area contributed by atoms with Crippen molar-refractivity contribution in [1.29, 1.82) is 0 Å². The minimum atomic E-state index is 0.0375. The second-order valence-electron chi connectivity index (χ2n) is 7.95. The summed E-state index contributed by atoms with van der Waals surface area (Å²) in [6.07, 6.45) is 2.80. The van der Waals surface area contributed by atoms with Crippen LogP contribution in [0.5, 0.6) is 0 Å². The number of nitrogens with zero attached hydrogens (tertiary/aromatic N) is 3. The van der Waals surface area contributed by atoms with Gasteiger partial charge in [0.2, 0.25) is 11.9 Å².